The van der Waals surface area contributed by atoms with Crippen LogP contribution in [0.5, 0.6) is 0 Å². The highest BCUT2D eigenvalue weighted by atomic mass is 16.2. The van der Waals surface area contributed by atoms with E-state index in [1.807, 2.05) is 4.90 Å². The maximum atomic E-state index is 12.6. The molecule has 25 heavy (non-hydrogen) atoms. The lowest BCUT2D eigenvalue weighted by molar-refractivity contribution is 0.146. The first-order valence-corrected chi connectivity index (χ1v) is 9.93. The molecular formula is C21H33N3O. The lowest BCUT2D eigenvalue weighted by Gasteiger charge is -2.35. The van der Waals surface area contributed by atoms with E-state index in [0.29, 0.717) is 18.4 Å². The van der Waals surface area contributed by atoms with E-state index in [2.05, 4.69) is 48.3 Å². The van der Waals surface area contributed by atoms with Gasteiger partial charge in [0.1, 0.15) is 0 Å². The maximum Gasteiger partial charge on any atom is 0.317 e. The van der Waals surface area contributed by atoms with Crippen molar-refractivity contribution in [1.82, 2.24) is 15.1 Å². The zero-order valence-electron chi connectivity index (χ0n) is 15.8. The van der Waals surface area contributed by atoms with E-state index in [-0.39, 0.29) is 6.03 Å². The third-order valence-corrected chi connectivity index (χ3v) is 5.55. The minimum Gasteiger partial charge on any atom is -0.334 e. The molecule has 0 saturated carbocycles. The molecule has 4 heteroatoms. The second kappa shape index (κ2) is 8.70. The summed E-state index contributed by atoms with van der Waals surface area (Å²) in [5.74, 6) is 1.20. The predicted molar refractivity (Wildman–Crippen MR) is 102 cm³/mol. The van der Waals surface area contributed by atoms with Gasteiger partial charge < -0.3 is 10.2 Å². The Morgan fingerprint density at radius 2 is 1.68 bits per heavy atom. The molecule has 0 bridgehead atoms. The van der Waals surface area contributed by atoms with Crippen molar-refractivity contribution >= 4 is 6.03 Å². The van der Waals surface area contributed by atoms with Gasteiger partial charge in [-0.3, -0.25) is 4.90 Å². The molecular weight excluding hydrogens is 310 g/mol. The molecule has 2 aliphatic heterocycles. The molecule has 138 valence electrons. The zero-order chi connectivity index (χ0) is 17.6. The number of nitrogens with zero attached hydrogens (tertiary/aromatic N) is 2. The van der Waals surface area contributed by atoms with E-state index >= 15 is 0 Å². The van der Waals surface area contributed by atoms with Crippen molar-refractivity contribution in [2.24, 2.45) is 11.8 Å². The number of hydrogen-bond donors (Lipinski definition) is 1. The molecule has 2 amide bonds. The second-order valence-electron chi connectivity index (χ2n) is 8.12. The van der Waals surface area contributed by atoms with Crippen molar-refractivity contribution < 1.29 is 4.79 Å². The average Bonchev–Trinajstić information content (AvgIpc) is 2.61. The van der Waals surface area contributed by atoms with Gasteiger partial charge in [-0.1, -0.05) is 44.5 Å². The number of likely N-dealkylation sites (tertiary alicyclic amines) is 2. The highest BCUT2D eigenvalue weighted by Gasteiger charge is 2.25. The van der Waals surface area contributed by atoms with Gasteiger partial charge in [0.2, 0.25) is 0 Å². The Kier molecular flexibility index (Phi) is 6.35. The van der Waals surface area contributed by atoms with Crippen LogP contribution in [0.15, 0.2) is 24.3 Å². The predicted octanol–water partition coefficient (Wildman–Crippen LogP) is 3.86. The van der Waals surface area contributed by atoms with Gasteiger partial charge in [-0.05, 0) is 55.3 Å². The summed E-state index contributed by atoms with van der Waals surface area (Å²) in [7, 11) is 0. The van der Waals surface area contributed by atoms with Crippen molar-refractivity contribution in [3.63, 3.8) is 0 Å². The molecule has 0 spiro atoms. The van der Waals surface area contributed by atoms with Crippen LogP contribution in [-0.2, 0) is 13.1 Å². The Morgan fingerprint density at radius 3 is 2.36 bits per heavy atom. The third kappa shape index (κ3) is 5.21. The van der Waals surface area contributed by atoms with E-state index in [9.17, 15) is 4.79 Å². The first kappa shape index (κ1) is 18.2. The molecule has 0 radical (unpaired) electrons. The number of piperidine rings is 2. The molecule has 1 aromatic rings. The molecule has 0 aliphatic carbocycles. The monoisotopic (exact) mass is 343 g/mol. The first-order valence-electron chi connectivity index (χ1n) is 9.93. The fourth-order valence-corrected chi connectivity index (χ4v) is 4.35. The smallest absolute Gasteiger partial charge is 0.317 e. The average molecular weight is 344 g/mol. The van der Waals surface area contributed by atoms with Crippen molar-refractivity contribution in [3.8, 4) is 0 Å². The van der Waals surface area contributed by atoms with Crippen LogP contribution in [0.3, 0.4) is 0 Å². The Balaban J connectivity index is 1.56. The Labute approximate surface area is 152 Å². The van der Waals surface area contributed by atoms with Gasteiger partial charge in [0.25, 0.3) is 0 Å². The Hall–Kier alpha value is -1.55. The van der Waals surface area contributed by atoms with Crippen molar-refractivity contribution in [2.45, 2.75) is 52.6 Å². The van der Waals surface area contributed by atoms with Crippen LogP contribution >= 0.6 is 0 Å². The molecule has 2 aliphatic rings. The van der Waals surface area contributed by atoms with Crippen LogP contribution in [0.25, 0.3) is 0 Å². The van der Waals surface area contributed by atoms with Crippen LogP contribution in [0, 0.1) is 11.8 Å². The summed E-state index contributed by atoms with van der Waals surface area (Å²) >= 11 is 0. The highest BCUT2D eigenvalue weighted by molar-refractivity contribution is 5.74. The lowest BCUT2D eigenvalue weighted by Crippen LogP contribution is -2.47. The van der Waals surface area contributed by atoms with E-state index in [1.54, 1.807) is 0 Å². The Morgan fingerprint density at radius 1 is 1.04 bits per heavy atom. The van der Waals surface area contributed by atoms with Gasteiger partial charge in [0, 0.05) is 26.2 Å². The number of hydrogen-bond acceptors (Lipinski definition) is 2. The number of amides is 2. The van der Waals surface area contributed by atoms with Gasteiger partial charge in [0.15, 0.2) is 0 Å². The number of carbonyl (C=O) groups excluding carboxylic acids is 1. The SMILES string of the molecule is CC1CC(C)CN(C(=O)NCc2ccccc2CN2CCCCC2)C1. The van der Waals surface area contributed by atoms with Gasteiger partial charge in [0.05, 0.1) is 0 Å². The Bertz CT molecular complexity index is 558. The molecule has 2 atom stereocenters. The van der Waals surface area contributed by atoms with Crippen molar-refractivity contribution in [2.75, 3.05) is 26.2 Å². The van der Waals surface area contributed by atoms with Gasteiger partial charge in [-0.15, -0.1) is 0 Å². The largest absolute Gasteiger partial charge is 0.334 e. The lowest BCUT2D eigenvalue weighted by atomic mass is 9.92. The minimum atomic E-state index is 0.0891. The summed E-state index contributed by atoms with van der Waals surface area (Å²) in [5, 5.41) is 3.16. The molecule has 3 rings (SSSR count). The third-order valence-electron chi connectivity index (χ3n) is 5.55. The number of urea groups is 1. The van der Waals surface area contributed by atoms with Crippen molar-refractivity contribution in [3.05, 3.63) is 35.4 Å². The van der Waals surface area contributed by atoms with Crippen molar-refractivity contribution in [1.29, 1.82) is 0 Å². The molecule has 2 heterocycles. The topological polar surface area (TPSA) is 35.6 Å². The molecule has 0 aromatic heterocycles. The molecule has 1 N–H and O–H groups in total. The maximum absolute atomic E-state index is 12.6. The van der Waals surface area contributed by atoms with Crippen LogP contribution in [0.1, 0.15) is 50.7 Å². The van der Waals surface area contributed by atoms with E-state index < -0.39 is 0 Å². The summed E-state index contributed by atoms with van der Waals surface area (Å²) < 4.78 is 0. The van der Waals surface area contributed by atoms with Crippen LogP contribution < -0.4 is 5.32 Å². The molecule has 2 fully saturated rings. The second-order valence-corrected chi connectivity index (χ2v) is 8.12. The zero-order valence-corrected chi connectivity index (χ0v) is 15.8. The number of rotatable bonds is 4. The summed E-state index contributed by atoms with van der Waals surface area (Å²) in [6, 6.07) is 8.64. The number of carbonyl (C=O) groups is 1. The highest BCUT2D eigenvalue weighted by Crippen LogP contribution is 2.21. The van der Waals surface area contributed by atoms with E-state index in [1.165, 1.54) is 49.9 Å². The van der Waals surface area contributed by atoms with E-state index in [0.717, 1.165) is 19.6 Å². The van der Waals surface area contributed by atoms with Gasteiger partial charge in [-0.25, -0.2) is 4.79 Å². The number of nitrogens with one attached hydrogen (secondary N) is 1. The first-order chi connectivity index (χ1) is 12.1. The summed E-state index contributed by atoms with van der Waals surface area (Å²) in [5.41, 5.74) is 2.60. The molecule has 2 unspecified atom stereocenters. The normalized spacial score (nSPS) is 25.0. The van der Waals surface area contributed by atoms with Gasteiger partial charge in [-0.2, -0.15) is 0 Å². The quantitative estimate of drug-likeness (QED) is 0.901. The minimum absolute atomic E-state index is 0.0891. The fourth-order valence-electron chi connectivity index (χ4n) is 4.35. The van der Waals surface area contributed by atoms with Gasteiger partial charge >= 0.3 is 6.03 Å². The summed E-state index contributed by atoms with van der Waals surface area (Å²) in [4.78, 5) is 17.1. The summed E-state index contributed by atoms with van der Waals surface area (Å²) in [6.45, 7) is 10.3. The molecule has 2 saturated heterocycles. The molecule has 1 aromatic carbocycles. The van der Waals surface area contributed by atoms with Crippen LogP contribution in [-0.4, -0.2) is 42.0 Å². The van der Waals surface area contributed by atoms with Crippen LogP contribution in [0.4, 0.5) is 4.79 Å². The standard InChI is InChI=1S/C21H33N3O/c1-17-12-18(2)15-24(14-17)21(25)22-13-19-8-4-5-9-20(19)16-23-10-6-3-7-11-23/h4-5,8-9,17-18H,3,6-7,10-16H2,1-2H3,(H,22,25). The number of benzene rings is 1. The molecule has 4 nitrogen and oxygen atoms in total. The van der Waals surface area contributed by atoms with E-state index in [4.69, 9.17) is 0 Å². The fraction of sp³-hybridized carbons (Fsp3) is 0.667. The van der Waals surface area contributed by atoms with Crippen LogP contribution in [0.2, 0.25) is 0 Å². The summed E-state index contributed by atoms with van der Waals surface area (Å²) in [6.07, 6.45) is 5.21.